The summed E-state index contributed by atoms with van der Waals surface area (Å²) in [6.07, 6.45) is 0.843. The van der Waals surface area contributed by atoms with Gasteiger partial charge in [-0.05, 0) is 13.3 Å². The van der Waals surface area contributed by atoms with Gasteiger partial charge in [0.1, 0.15) is 0 Å². The van der Waals surface area contributed by atoms with Crippen molar-refractivity contribution >= 4 is 0 Å². The second-order valence-corrected chi connectivity index (χ2v) is 0.966. The van der Waals surface area contributed by atoms with E-state index in [1.807, 2.05) is 0 Å². The molecule has 1 heteroatoms. The van der Waals surface area contributed by atoms with Crippen molar-refractivity contribution in [2.75, 3.05) is 13.2 Å². The van der Waals surface area contributed by atoms with Crippen LogP contribution in [0.5, 0.6) is 0 Å². The monoisotopic (exact) mass is 86.1 g/mol. The van der Waals surface area contributed by atoms with E-state index >= 15 is 0 Å². The first-order valence-electron chi connectivity index (χ1n) is 2.08. The third-order valence-electron chi connectivity index (χ3n) is 0.433. The molecule has 0 spiro atoms. The van der Waals surface area contributed by atoms with Gasteiger partial charge in [0.25, 0.3) is 0 Å². The highest BCUT2D eigenvalue weighted by Gasteiger charge is 1.73. The topological polar surface area (TPSA) is 9.23 Å². The SMILES string of the molecule is [CH2]CCOC[CH2]. The van der Waals surface area contributed by atoms with E-state index in [-0.39, 0.29) is 0 Å². The number of hydrogen-bond donors (Lipinski definition) is 0. The minimum Gasteiger partial charge on any atom is -0.381 e. The quantitative estimate of drug-likeness (QED) is 0.467. The molecule has 0 aromatic carbocycles. The number of ether oxygens (including phenoxy) is 1. The molecular formula is C5H10O. The maximum Gasteiger partial charge on any atom is 0.0466 e. The van der Waals surface area contributed by atoms with Crippen molar-refractivity contribution in [2.24, 2.45) is 0 Å². The summed E-state index contributed by atoms with van der Waals surface area (Å²) in [4.78, 5) is 0. The molecule has 0 saturated carbocycles. The van der Waals surface area contributed by atoms with E-state index in [2.05, 4.69) is 13.8 Å². The third kappa shape index (κ3) is 3.96. The van der Waals surface area contributed by atoms with Crippen LogP contribution in [0.15, 0.2) is 0 Å². The first-order valence-corrected chi connectivity index (χ1v) is 2.08. The Hall–Kier alpha value is -0.0400. The molecule has 6 heavy (non-hydrogen) atoms. The summed E-state index contributed by atoms with van der Waals surface area (Å²) >= 11 is 0. The second kappa shape index (κ2) is 4.96. The Balaban J connectivity index is 2.34. The van der Waals surface area contributed by atoms with Gasteiger partial charge >= 0.3 is 0 Å². The lowest BCUT2D eigenvalue weighted by molar-refractivity contribution is 0.166. The van der Waals surface area contributed by atoms with Gasteiger partial charge in [0, 0.05) is 13.2 Å². The summed E-state index contributed by atoms with van der Waals surface area (Å²) in [6, 6.07) is 0. The molecule has 0 bridgehead atoms. The zero-order valence-electron chi connectivity index (χ0n) is 3.94. The van der Waals surface area contributed by atoms with Crippen molar-refractivity contribution < 1.29 is 4.74 Å². The summed E-state index contributed by atoms with van der Waals surface area (Å²) in [7, 11) is 0. The molecule has 0 unspecified atom stereocenters. The van der Waals surface area contributed by atoms with Crippen molar-refractivity contribution in [3.63, 3.8) is 0 Å². The summed E-state index contributed by atoms with van der Waals surface area (Å²) < 4.78 is 4.81. The molecule has 0 fully saturated rings. The van der Waals surface area contributed by atoms with Gasteiger partial charge in [-0.25, -0.2) is 0 Å². The van der Waals surface area contributed by atoms with Crippen molar-refractivity contribution in [3.05, 3.63) is 13.8 Å². The van der Waals surface area contributed by atoms with E-state index in [4.69, 9.17) is 4.74 Å². The molecule has 36 valence electrons. The zero-order chi connectivity index (χ0) is 4.83. The molecule has 0 aliphatic heterocycles. The molecular weight excluding hydrogens is 76.1 g/mol. The van der Waals surface area contributed by atoms with Crippen LogP contribution in [-0.2, 0) is 4.74 Å². The average Bonchev–Trinajstić information content (AvgIpc) is 1.61. The summed E-state index contributed by atoms with van der Waals surface area (Å²) in [5.41, 5.74) is 0. The highest BCUT2D eigenvalue weighted by atomic mass is 16.5. The Labute approximate surface area is 39.3 Å². The van der Waals surface area contributed by atoms with Gasteiger partial charge in [-0.3, -0.25) is 0 Å². The fourth-order valence-corrected chi connectivity index (χ4v) is 0.204. The van der Waals surface area contributed by atoms with Gasteiger partial charge in [-0.1, -0.05) is 6.92 Å². The molecule has 0 aliphatic rings. The van der Waals surface area contributed by atoms with E-state index in [0.29, 0.717) is 6.61 Å². The van der Waals surface area contributed by atoms with Crippen molar-refractivity contribution in [3.8, 4) is 0 Å². The highest BCUT2D eigenvalue weighted by molar-refractivity contribution is 4.36. The minimum atomic E-state index is 0.565. The van der Waals surface area contributed by atoms with Crippen LogP contribution in [-0.4, -0.2) is 13.2 Å². The van der Waals surface area contributed by atoms with Crippen LogP contribution in [0.1, 0.15) is 6.42 Å². The lowest BCUT2D eigenvalue weighted by Crippen LogP contribution is -1.89. The van der Waals surface area contributed by atoms with E-state index < -0.39 is 0 Å². The van der Waals surface area contributed by atoms with E-state index in [1.54, 1.807) is 0 Å². The van der Waals surface area contributed by atoms with Gasteiger partial charge in [0.2, 0.25) is 0 Å². The largest absolute Gasteiger partial charge is 0.381 e. The van der Waals surface area contributed by atoms with Crippen LogP contribution in [0.25, 0.3) is 0 Å². The maximum absolute atomic E-state index is 4.81. The Bertz CT molecular complexity index is 15.9. The molecule has 0 aromatic rings. The van der Waals surface area contributed by atoms with E-state index in [0.717, 1.165) is 13.0 Å². The smallest absolute Gasteiger partial charge is 0.0466 e. The Morgan fingerprint density at radius 3 is 2.17 bits per heavy atom. The van der Waals surface area contributed by atoms with Crippen molar-refractivity contribution in [1.29, 1.82) is 0 Å². The highest BCUT2D eigenvalue weighted by Crippen LogP contribution is 1.74. The average molecular weight is 86.1 g/mol. The molecule has 0 N–H and O–H groups in total. The van der Waals surface area contributed by atoms with Crippen LogP contribution in [0.2, 0.25) is 0 Å². The third-order valence-corrected chi connectivity index (χ3v) is 0.433. The number of hydrogen-bond acceptors (Lipinski definition) is 1. The van der Waals surface area contributed by atoms with Crippen LogP contribution in [0, 0.1) is 13.8 Å². The summed E-state index contributed by atoms with van der Waals surface area (Å²) in [5, 5.41) is 0. The molecule has 0 aromatic heterocycles. The molecule has 0 atom stereocenters. The first kappa shape index (κ1) is 5.96. The van der Waals surface area contributed by atoms with Crippen LogP contribution < -0.4 is 0 Å². The lowest BCUT2D eigenvalue weighted by atomic mass is 10.5. The number of rotatable bonds is 3. The minimum absolute atomic E-state index is 0.565. The molecule has 1 nitrogen and oxygen atoms in total. The molecule has 0 aliphatic carbocycles. The Morgan fingerprint density at radius 2 is 2.00 bits per heavy atom. The summed E-state index contributed by atoms with van der Waals surface area (Å²) in [6.45, 7) is 8.35. The van der Waals surface area contributed by atoms with Gasteiger partial charge in [0.05, 0.1) is 0 Å². The molecule has 0 rings (SSSR count). The standard InChI is InChI=1S/C5H10O/c1-3-5-6-4-2/h1-5H2. The van der Waals surface area contributed by atoms with Gasteiger partial charge in [0.15, 0.2) is 0 Å². The van der Waals surface area contributed by atoms with Crippen molar-refractivity contribution in [2.45, 2.75) is 6.42 Å². The molecule has 2 radical (unpaired) electrons. The normalized spacial score (nSPS) is 9.00. The fraction of sp³-hybridized carbons (Fsp3) is 0.600. The molecule has 0 heterocycles. The summed E-state index contributed by atoms with van der Waals surface area (Å²) in [5.74, 6) is 0. The zero-order valence-corrected chi connectivity index (χ0v) is 3.94. The molecule has 0 amide bonds. The van der Waals surface area contributed by atoms with Crippen LogP contribution >= 0.6 is 0 Å². The lowest BCUT2D eigenvalue weighted by Gasteiger charge is -1.91. The van der Waals surface area contributed by atoms with E-state index in [9.17, 15) is 0 Å². The Morgan fingerprint density at radius 1 is 1.33 bits per heavy atom. The predicted octanol–water partition coefficient (Wildman–Crippen LogP) is 1.06. The Kier molecular flexibility index (Phi) is 4.93. The van der Waals surface area contributed by atoms with E-state index in [1.165, 1.54) is 0 Å². The van der Waals surface area contributed by atoms with Crippen LogP contribution in [0.4, 0.5) is 0 Å². The fourth-order valence-electron chi connectivity index (χ4n) is 0.204. The van der Waals surface area contributed by atoms with Crippen LogP contribution in [0.3, 0.4) is 0 Å². The second-order valence-electron chi connectivity index (χ2n) is 0.966. The molecule has 0 saturated heterocycles. The van der Waals surface area contributed by atoms with Crippen molar-refractivity contribution in [1.82, 2.24) is 0 Å². The van der Waals surface area contributed by atoms with Gasteiger partial charge in [-0.15, -0.1) is 0 Å². The van der Waals surface area contributed by atoms with Gasteiger partial charge in [-0.2, -0.15) is 0 Å². The first-order chi connectivity index (χ1) is 2.91. The van der Waals surface area contributed by atoms with Gasteiger partial charge < -0.3 is 4.74 Å². The predicted molar refractivity (Wildman–Crippen MR) is 26.1 cm³/mol. The maximum atomic E-state index is 4.81.